The molecule has 0 spiro atoms. The van der Waals surface area contributed by atoms with E-state index < -0.39 is 6.03 Å². The molecule has 0 saturated carbocycles. The molecule has 0 bridgehead atoms. The second-order valence-corrected chi connectivity index (χ2v) is 6.43. The van der Waals surface area contributed by atoms with Gasteiger partial charge in [-0.05, 0) is 52.7 Å². The molecule has 0 aliphatic heterocycles. The largest absolute Gasteiger partial charge is 0.355 e. The Balaban J connectivity index is 1.57. The van der Waals surface area contributed by atoms with Crippen molar-refractivity contribution in [3.8, 4) is 22.5 Å². The predicted octanol–water partition coefficient (Wildman–Crippen LogP) is 3.79. The van der Waals surface area contributed by atoms with E-state index in [0.717, 1.165) is 33.8 Å². The van der Waals surface area contributed by atoms with E-state index in [9.17, 15) is 4.79 Å². The quantitative estimate of drug-likeness (QED) is 0.484. The summed E-state index contributed by atoms with van der Waals surface area (Å²) in [6.45, 7) is 0. The number of aromatic nitrogens is 4. The molecule has 3 aromatic carbocycles. The highest BCUT2D eigenvalue weighted by Crippen LogP contribution is 2.29. The highest BCUT2D eigenvalue weighted by Gasteiger charge is 2.10. The summed E-state index contributed by atoms with van der Waals surface area (Å²) >= 11 is 0. The van der Waals surface area contributed by atoms with Crippen LogP contribution in [0.3, 0.4) is 0 Å². The fourth-order valence-electron chi connectivity index (χ4n) is 2.99. The summed E-state index contributed by atoms with van der Waals surface area (Å²) in [6.07, 6.45) is 0. The van der Waals surface area contributed by atoms with Crippen molar-refractivity contribution >= 4 is 23.1 Å². The van der Waals surface area contributed by atoms with Crippen molar-refractivity contribution < 1.29 is 4.79 Å². The number of hydrogen-bond donors (Lipinski definition) is 3. The zero-order valence-corrected chi connectivity index (χ0v) is 15.7. The lowest BCUT2D eigenvalue weighted by Gasteiger charge is -2.15. The van der Waals surface area contributed by atoms with Crippen LogP contribution in [0.1, 0.15) is 0 Å². The molecule has 4 aromatic rings. The Morgan fingerprint density at radius 3 is 2.52 bits per heavy atom. The number of para-hydroxylation sites is 1. The van der Waals surface area contributed by atoms with Crippen LogP contribution in [0.2, 0.25) is 0 Å². The summed E-state index contributed by atoms with van der Waals surface area (Å²) in [5, 5.41) is 17.6. The summed E-state index contributed by atoms with van der Waals surface area (Å²) in [6, 6.07) is 23.0. The van der Waals surface area contributed by atoms with Gasteiger partial charge in [-0.15, -0.1) is 10.2 Å². The van der Waals surface area contributed by atoms with E-state index in [0.29, 0.717) is 5.82 Å². The lowest BCUT2D eigenvalue weighted by Crippen LogP contribution is -2.31. The van der Waals surface area contributed by atoms with Crippen LogP contribution in [0.4, 0.5) is 21.9 Å². The maximum Gasteiger partial charge on any atom is 0.318 e. The first-order valence-electron chi connectivity index (χ1n) is 8.95. The molecule has 0 fully saturated rings. The molecule has 4 rings (SSSR count). The second kappa shape index (κ2) is 7.81. The van der Waals surface area contributed by atoms with Gasteiger partial charge < -0.3 is 11.1 Å². The van der Waals surface area contributed by atoms with Gasteiger partial charge in [-0.25, -0.2) is 4.79 Å². The zero-order valence-electron chi connectivity index (χ0n) is 15.7. The first-order valence-corrected chi connectivity index (χ1v) is 8.95. The number of tetrazole rings is 1. The average Bonchev–Trinajstić information content (AvgIpc) is 3.29. The van der Waals surface area contributed by atoms with Crippen molar-refractivity contribution in [2.45, 2.75) is 0 Å². The zero-order chi connectivity index (χ0) is 20.2. The monoisotopic (exact) mass is 385 g/mol. The van der Waals surface area contributed by atoms with E-state index in [1.807, 2.05) is 72.8 Å². The van der Waals surface area contributed by atoms with E-state index in [-0.39, 0.29) is 0 Å². The first kappa shape index (κ1) is 18.2. The highest BCUT2D eigenvalue weighted by atomic mass is 16.2. The number of hydrogen-bond acceptors (Lipinski definition) is 5. The summed E-state index contributed by atoms with van der Waals surface area (Å²) in [5.41, 5.74) is 10.8. The number of amides is 2. The van der Waals surface area contributed by atoms with Crippen molar-refractivity contribution in [3.63, 3.8) is 0 Å². The Morgan fingerprint density at radius 1 is 1.00 bits per heavy atom. The fourth-order valence-corrected chi connectivity index (χ4v) is 2.99. The molecule has 8 nitrogen and oxygen atoms in total. The maximum absolute atomic E-state index is 11.4. The van der Waals surface area contributed by atoms with Gasteiger partial charge in [-0.3, -0.25) is 4.90 Å². The minimum atomic E-state index is -0.498. The topological polar surface area (TPSA) is 113 Å². The summed E-state index contributed by atoms with van der Waals surface area (Å²) in [5.74, 6) is 0.528. The van der Waals surface area contributed by atoms with Crippen molar-refractivity contribution in [3.05, 3.63) is 72.8 Å². The SMILES string of the molecule is CN(C(N)=O)c1cccc(-c2ccc(Nc3ccccc3-c3nn[nH]n3)cc2)c1. The van der Waals surface area contributed by atoms with E-state index >= 15 is 0 Å². The van der Waals surface area contributed by atoms with Gasteiger partial charge in [0.1, 0.15) is 0 Å². The number of nitrogens with zero attached hydrogens (tertiary/aromatic N) is 4. The number of aromatic amines is 1. The third kappa shape index (κ3) is 3.91. The smallest absolute Gasteiger partial charge is 0.318 e. The molecule has 1 aromatic heterocycles. The molecule has 1 heterocycles. The molecular formula is C21H19N7O. The molecule has 0 unspecified atom stereocenters. The number of carbonyl (C=O) groups is 1. The van der Waals surface area contributed by atoms with Crippen LogP contribution in [0.15, 0.2) is 72.8 Å². The first-order chi connectivity index (χ1) is 14.1. The van der Waals surface area contributed by atoms with Crippen LogP contribution in [0.5, 0.6) is 0 Å². The lowest BCUT2D eigenvalue weighted by molar-refractivity contribution is 0.255. The van der Waals surface area contributed by atoms with Crippen LogP contribution < -0.4 is 16.0 Å². The molecule has 29 heavy (non-hydrogen) atoms. The Labute approximate surface area is 167 Å². The van der Waals surface area contributed by atoms with Crippen molar-refractivity contribution in [2.75, 3.05) is 17.3 Å². The van der Waals surface area contributed by atoms with Crippen molar-refractivity contribution in [1.29, 1.82) is 0 Å². The van der Waals surface area contributed by atoms with Gasteiger partial charge in [0, 0.05) is 29.7 Å². The van der Waals surface area contributed by atoms with Crippen molar-refractivity contribution in [1.82, 2.24) is 20.6 Å². The van der Waals surface area contributed by atoms with Gasteiger partial charge in [0.2, 0.25) is 5.82 Å². The Hall–Kier alpha value is -4.20. The number of benzene rings is 3. The molecule has 0 saturated heterocycles. The van der Waals surface area contributed by atoms with E-state index in [4.69, 9.17) is 5.73 Å². The third-order valence-electron chi connectivity index (χ3n) is 4.57. The molecule has 0 atom stereocenters. The Morgan fingerprint density at radius 2 is 1.79 bits per heavy atom. The predicted molar refractivity (Wildman–Crippen MR) is 113 cm³/mol. The number of primary amides is 1. The number of nitrogens with two attached hydrogens (primary N) is 1. The van der Waals surface area contributed by atoms with Gasteiger partial charge in [0.05, 0.1) is 0 Å². The maximum atomic E-state index is 11.4. The lowest BCUT2D eigenvalue weighted by atomic mass is 10.0. The average molecular weight is 385 g/mol. The second-order valence-electron chi connectivity index (χ2n) is 6.43. The third-order valence-corrected chi connectivity index (χ3v) is 4.57. The molecule has 0 aliphatic rings. The van der Waals surface area contributed by atoms with Gasteiger partial charge >= 0.3 is 6.03 Å². The van der Waals surface area contributed by atoms with Crippen LogP contribution >= 0.6 is 0 Å². The van der Waals surface area contributed by atoms with Crippen LogP contribution in [-0.4, -0.2) is 33.7 Å². The van der Waals surface area contributed by atoms with E-state index in [1.165, 1.54) is 4.90 Å². The van der Waals surface area contributed by atoms with Crippen molar-refractivity contribution in [2.24, 2.45) is 5.73 Å². The van der Waals surface area contributed by atoms with E-state index in [2.05, 4.69) is 25.9 Å². The minimum absolute atomic E-state index is 0.498. The Kier molecular flexibility index (Phi) is 4.90. The van der Waals surface area contributed by atoms with Gasteiger partial charge in [-0.2, -0.15) is 5.21 Å². The summed E-state index contributed by atoms with van der Waals surface area (Å²) in [7, 11) is 1.65. The molecule has 144 valence electrons. The molecule has 2 amide bonds. The molecule has 0 radical (unpaired) electrons. The normalized spacial score (nSPS) is 10.5. The molecule has 8 heteroatoms. The standard InChI is InChI=1S/C21H19N7O/c1-28(21(22)29)17-6-4-5-15(13-17)14-9-11-16(12-10-14)23-19-8-3-2-7-18(19)20-24-26-27-25-20/h2-13,23H,1H3,(H2,22,29)(H,24,25,26,27). The number of carbonyl (C=O) groups excluding carboxylic acids is 1. The fraction of sp³-hybridized carbons (Fsp3) is 0.0476. The molecule has 4 N–H and O–H groups in total. The van der Waals surface area contributed by atoms with Crippen LogP contribution in [-0.2, 0) is 0 Å². The van der Waals surface area contributed by atoms with Gasteiger partial charge in [0.25, 0.3) is 0 Å². The number of nitrogens with one attached hydrogen (secondary N) is 2. The van der Waals surface area contributed by atoms with Gasteiger partial charge in [-0.1, -0.05) is 36.4 Å². The van der Waals surface area contributed by atoms with Crippen LogP contribution in [0.25, 0.3) is 22.5 Å². The van der Waals surface area contributed by atoms with Crippen LogP contribution in [0, 0.1) is 0 Å². The number of rotatable bonds is 5. The summed E-state index contributed by atoms with van der Waals surface area (Å²) in [4.78, 5) is 12.8. The molecule has 0 aliphatic carbocycles. The summed E-state index contributed by atoms with van der Waals surface area (Å²) < 4.78 is 0. The Bertz CT molecular complexity index is 1120. The van der Waals surface area contributed by atoms with E-state index in [1.54, 1.807) is 7.05 Å². The molecular weight excluding hydrogens is 366 g/mol. The number of H-pyrrole nitrogens is 1. The van der Waals surface area contributed by atoms with Gasteiger partial charge in [0.15, 0.2) is 0 Å². The number of urea groups is 1. The minimum Gasteiger partial charge on any atom is -0.355 e. The number of anilines is 3. The highest BCUT2D eigenvalue weighted by molar-refractivity contribution is 5.91.